The molecule has 21 heavy (non-hydrogen) atoms. The molecule has 2 aromatic rings. The molecule has 0 unspecified atom stereocenters. The Hall–Kier alpha value is -2.36. The fourth-order valence-electron chi connectivity index (χ4n) is 2.26. The number of aryl methyl sites for hydroxylation is 1. The number of nitrogens with zero attached hydrogens (tertiary/aromatic N) is 2. The number of pyridine rings is 1. The van der Waals surface area contributed by atoms with Crippen LogP contribution in [0.3, 0.4) is 0 Å². The minimum Gasteiger partial charge on any atom is -0.385 e. The van der Waals surface area contributed by atoms with Crippen LogP contribution in [0.5, 0.6) is 0 Å². The molecule has 1 aromatic carbocycles. The predicted octanol–water partition coefficient (Wildman–Crippen LogP) is 3.49. The van der Waals surface area contributed by atoms with Crippen molar-refractivity contribution in [2.75, 3.05) is 23.3 Å². The number of para-hydroxylation sites is 1. The molecule has 1 heterocycles. The van der Waals surface area contributed by atoms with Crippen LogP contribution in [0.4, 0.5) is 11.4 Å². The number of benzene rings is 1. The Balaban J connectivity index is 2.38. The van der Waals surface area contributed by atoms with Gasteiger partial charge in [-0.15, -0.1) is 0 Å². The van der Waals surface area contributed by atoms with Gasteiger partial charge in [-0.3, -0.25) is 9.78 Å². The van der Waals surface area contributed by atoms with E-state index in [2.05, 4.69) is 10.3 Å². The summed E-state index contributed by atoms with van der Waals surface area (Å²) in [4.78, 5) is 18.9. The molecule has 0 aliphatic rings. The molecule has 0 fully saturated rings. The van der Waals surface area contributed by atoms with Gasteiger partial charge in [0.2, 0.25) is 0 Å². The van der Waals surface area contributed by atoms with E-state index in [9.17, 15) is 4.79 Å². The Morgan fingerprint density at radius 2 is 1.95 bits per heavy atom. The van der Waals surface area contributed by atoms with Gasteiger partial charge in [-0.2, -0.15) is 0 Å². The summed E-state index contributed by atoms with van der Waals surface area (Å²) < 4.78 is 0. The first kappa shape index (κ1) is 15.0. The third kappa shape index (κ3) is 3.40. The molecule has 0 radical (unpaired) electrons. The van der Waals surface area contributed by atoms with Crippen molar-refractivity contribution in [3.05, 3.63) is 53.9 Å². The summed E-state index contributed by atoms with van der Waals surface area (Å²) in [7, 11) is 0. The monoisotopic (exact) mass is 283 g/mol. The Labute approximate surface area is 125 Å². The largest absolute Gasteiger partial charge is 0.385 e. The Bertz CT molecular complexity index is 611. The number of rotatable bonds is 5. The van der Waals surface area contributed by atoms with Crippen LogP contribution < -0.4 is 10.2 Å². The van der Waals surface area contributed by atoms with Crippen LogP contribution in [0.15, 0.2) is 42.6 Å². The van der Waals surface area contributed by atoms with Crippen molar-refractivity contribution in [3.63, 3.8) is 0 Å². The van der Waals surface area contributed by atoms with Gasteiger partial charge in [-0.25, -0.2) is 0 Å². The molecule has 0 bridgehead atoms. The quantitative estimate of drug-likeness (QED) is 0.913. The Morgan fingerprint density at radius 1 is 1.24 bits per heavy atom. The van der Waals surface area contributed by atoms with Gasteiger partial charge < -0.3 is 10.2 Å². The zero-order valence-electron chi connectivity index (χ0n) is 12.8. The molecule has 110 valence electrons. The van der Waals surface area contributed by atoms with Crippen LogP contribution >= 0.6 is 0 Å². The van der Waals surface area contributed by atoms with Crippen molar-refractivity contribution in [1.29, 1.82) is 0 Å². The van der Waals surface area contributed by atoms with E-state index in [1.807, 2.05) is 57.2 Å². The third-order valence-electron chi connectivity index (χ3n) is 3.27. The first-order chi connectivity index (χ1) is 10.2. The molecule has 0 atom stereocenters. The van der Waals surface area contributed by atoms with Crippen LogP contribution in [0.2, 0.25) is 0 Å². The van der Waals surface area contributed by atoms with Gasteiger partial charge in [0.05, 0.1) is 11.3 Å². The first-order valence-electron chi connectivity index (χ1n) is 7.24. The smallest absolute Gasteiger partial charge is 0.261 e. The van der Waals surface area contributed by atoms with E-state index in [0.29, 0.717) is 12.1 Å². The van der Waals surface area contributed by atoms with Gasteiger partial charge in [-0.1, -0.05) is 18.2 Å². The van der Waals surface area contributed by atoms with Crippen LogP contribution in [-0.2, 0) is 0 Å². The normalized spacial score (nSPS) is 10.2. The fourth-order valence-corrected chi connectivity index (χ4v) is 2.26. The molecular weight excluding hydrogens is 262 g/mol. The molecular formula is C17H21N3O. The van der Waals surface area contributed by atoms with E-state index in [4.69, 9.17) is 0 Å². The highest BCUT2D eigenvalue weighted by Gasteiger charge is 2.19. The minimum absolute atomic E-state index is 0.0350. The number of aromatic nitrogens is 1. The van der Waals surface area contributed by atoms with Gasteiger partial charge in [0.15, 0.2) is 0 Å². The van der Waals surface area contributed by atoms with Crippen LogP contribution in [0, 0.1) is 6.92 Å². The summed E-state index contributed by atoms with van der Waals surface area (Å²) in [5.41, 5.74) is 3.23. The highest BCUT2D eigenvalue weighted by atomic mass is 16.2. The molecule has 1 N–H and O–H groups in total. The molecule has 0 spiro atoms. The van der Waals surface area contributed by atoms with E-state index in [0.717, 1.165) is 23.6 Å². The van der Waals surface area contributed by atoms with Crippen LogP contribution in [0.1, 0.15) is 29.9 Å². The van der Waals surface area contributed by atoms with Crippen molar-refractivity contribution >= 4 is 17.3 Å². The number of hydrogen-bond acceptors (Lipinski definition) is 3. The molecule has 1 amide bonds. The SMILES string of the molecule is CCNc1cc(C)ncc1C(=O)N(CC)c1ccccc1. The molecule has 0 saturated heterocycles. The molecule has 2 rings (SSSR count). The third-order valence-corrected chi connectivity index (χ3v) is 3.27. The second-order valence-corrected chi connectivity index (χ2v) is 4.79. The summed E-state index contributed by atoms with van der Waals surface area (Å²) in [6.07, 6.45) is 1.65. The average molecular weight is 283 g/mol. The van der Waals surface area contributed by atoms with E-state index in [1.165, 1.54) is 0 Å². The van der Waals surface area contributed by atoms with Gasteiger partial charge >= 0.3 is 0 Å². The van der Waals surface area contributed by atoms with E-state index >= 15 is 0 Å². The number of carbonyl (C=O) groups excluding carboxylic acids is 1. The second kappa shape index (κ2) is 6.88. The molecule has 4 nitrogen and oxygen atoms in total. The lowest BCUT2D eigenvalue weighted by Crippen LogP contribution is -2.31. The van der Waals surface area contributed by atoms with E-state index < -0.39 is 0 Å². The summed E-state index contributed by atoms with van der Waals surface area (Å²) in [5.74, 6) is -0.0350. The predicted molar refractivity (Wildman–Crippen MR) is 86.9 cm³/mol. The highest BCUT2D eigenvalue weighted by molar-refractivity contribution is 6.09. The van der Waals surface area contributed by atoms with E-state index in [-0.39, 0.29) is 5.91 Å². The molecule has 0 saturated carbocycles. The molecule has 1 aromatic heterocycles. The summed E-state index contributed by atoms with van der Waals surface area (Å²) in [6, 6.07) is 11.6. The maximum atomic E-state index is 12.8. The topological polar surface area (TPSA) is 45.2 Å². The Morgan fingerprint density at radius 3 is 2.57 bits per heavy atom. The Kier molecular flexibility index (Phi) is 4.93. The number of nitrogens with one attached hydrogen (secondary N) is 1. The van der Waals surface area contributed by atoms with Gasteiger partial charge in [0, 0.05) is 30.7 Å². The maximum absolute atomic E-state index is 12.8. The van der Waals surface area contributed by atoms with Gasteiger partial charge in [0.1, 0.15) is 0 Å². The zero-order chi connectivity index (χ0) is 15.2. The average Bonchev–Trinajstić information content (AvgIpc) is 2.49. The molecule has 4 heteroatoms. The standard InChI is InChI=1S/C17H21N3O/c1-4-18-16-11-13(3)19-12-15(16)17(21)20(5-2)14-9-7-6-8-10-14/h6-12H,4-5H2,1-3H3,(H,18,19). The van der Waals surface area contributed by atoms with Crippen LogP contribution in [0.25, 0.3) is 0 Å². The van der Waals surface area contributed by atoms with Crippen molar-refractivity contribution in [3.8, 4) is 0 Å². The maximum Gasteiger partial charge on any atom is 0.261 e. The lowest BCUT2D eigenvalue weighted by atomic mass is 10.1. The van der Waals surface area contributed by atoms with E-state index in [1.54, 1.807) is 11.1 Å². The van der Waals surface area contributed by atoms with Crippen molar-refractivity contribution < 1.29 is 4.79 Å². The first-order valence-corrected chi connectivity index (χ1v) is 7.24. The minimum atomic E-state index is -0.0350. The van der Waals surface area contributed by atoms with Crippen LogP contribution in [-0.4, -0.2) is 24.0 Å². The number of carbonyl (C=O) groups is 1. The second-order valence-electron chi connectivity index (χ2n) is 4.79. The van der Waals surface area contributed by atoms with Crippen molar-refractivity contribution in [2.45, 2.75) is 20.8 Å². The summed E-state index contributed by atoms with van der Waals surface area (Å²) >= 11 is 0. The number of anilines is 2. The lowest BCUT2D eigenvalue weighted by Gasteiger charge is -2.22. The fraction of sp³-hybridized carbons (Fsp3) is 0.294. The summed E-state index contributed by atoms with van der Waals surface area (Å²) in [5, 5.41) is 3.24. The molecule has 0 aliphatic carbocycles. The molecule has 0 aliphatic heterocycles. The summed E-state index contributed by atoms with van der Waals surface area (Å²) in [6.45, 7) is 7.28. The highest BCUT2D eigenvalue weighted by Crippen LogP contribution is 2.21. The zero-order valence-corrected chi connectivity index (χ0v) is 12.8. The van der Waals surface area contributed by atoms with Crippen molar-refractivity contribution in [2.24, 2.45) is 0 Å². The van der Waals surface area contributed by atoms with Gasteiger partial charge in [-0.05, 0) is 39.0 Å². The number of amides is 1. The number of hydrogen-bond donors (Lipinski definition) is 1. The van der Waals surface area contributed by atoms with Crippen molar-refractivity contribution in [1.82, 2.24) is 4.98 Å². The lowest BCUT2D eigenvalue weighted by molar-refractivity contribution is 0.0988. The van der Waals surface area contributed by atoms with Gasteiger partial charge in [0.25, 0.3) is 5.91 Å².